The fraction of sp³-hybridized carbons (Fsp3) is 0.400. The molecule has 1 fully saturated rings. The zero-order chi connectivity index (χ0) is 19.7. The van der Waals surface area contributed by atoms with Gasteiger partial charge in [-0.05, 0) is 48.7 Å². The Kier molecular flexibility index (Phi) is 5.53. The lowest BCUT2D eigenvalue weighted by atomic mass is 10.0. The summed E-state index contributed by atoms with van der Waals surface area (Å²) >= 11 is 3.47. The van der Waals surface area contributed by atoms with E-state index in [0.717, 1.165) is 60.4 Å². The van der Waals surface area contributed by atoms with Gasteiger partial charge in [-0.15, -0.1) is 0 Å². The number of fused-ring (bicyclic) bond motifs is 1. The molecule has 0 saturated carbocycles. The van der Waals surface area contributed by atoms with Gasteiger partial charge in [0.2, 0.25) is 0 Å². The minimum atomic E-state index is -3.66. The Balaban J connectivity index is 1.75. The topological polar surface area (TPSA) is 61.9 Å². The number of methoxy groups -OCH3 is 1. The van der Waals surface area contributed by atoms with Crippen molar-refractivity contribution in [1.29, 1.82) is 0 Å². The van der Waals surface area contributed by atoms with E-state index in [1.807, 2.05) is 18.2 Å². The second-order valence-electron chi connectivity index (χ2n) is 7.02. The van der Waals surface area contributed by atoms with Gasteiger partial charge < -0.3 is 15.0 Å². The number of rotatable bonds is 4. The minimum absolute atomic E-state index is 0.301. The summed E-state index contributed by atoms with van der Waals surface area (Å²) in [6.45, 7) is 3.86. The van der Waals surface area contributed by atoms with Crippen molar-refractivity contribution < 1.29 is 13.2 Å². The van der Waals surface area contributed by atoms with Gasteiger partial charge in [-0.2, -0.15) is 0 Å². The van der Waals surface area contributed by atoms with Crippen LogP contribution in [0.2, 0.25) is 0 Å². The molecule has 0 spiro atoms. The third kappa shape index (κ3) is 3.60. The van der Waals surface area contributed by atoms with Gasteiger partial charge in [0.05, 0.1) is 23.4 Å². The predicted octanol–water partition coefficient (Wildman–Crippen LogP) is 3.01. The van der Waals surface area contributed by atoms with Crippen molar-refractivity contribution in [2.24, 2.45) is 0 Å². The molecule has 1 saturated heterocycles. The number of hydrogen-bond acceptors (Lipinski definition) is 5. The van der Waals surface area contributed by atoms with Crippen LogP contribution in [-0.4, -0.2) is 48.3 Å². The summed E-state index contributed by atoms with van der Waals surface area (Å²) in [6.07, 6.45) is 1.71. The maximum absolute atomic E-state index is 13.5. The van der Waals surface area contributed by atoms with E-state index in [2.05, 4.69) is 26.1 Å². The number of ether oxygens (including phenoxy) is 1. The Bertz CT molecular complexity index is 975. The van der Waals surface area contributed by atoms with E-state index in [1.165, 1.54) is 0 Å². The minimum Gasteiger partial charge on any atom is -0.495 e. The van der Waals surface area contributed by atoms with Gasteiger partial charge in [0.1, 0.15) is 5.75 Å². The van der Waals surface area contributed by atoms with Gasteiger partial charge in [-0.3, -0.25) is 4.31 Å². The first kappa shape index (κ1) is 19.5. The zero-order valence-corrected chi connectivity index (χ0v) is 18.2. The van der Waals surface area contributed by atoms with Gasteiger partial charge in [0.25, 0.3) is 10.0 Å². The molecule has 1 N–H and O–H groups in total. The van der Waals surface area contributed by atoms with Crippen molar-refractivity contribution in [3.8, 4) is 5.75 Å². The van der Waals surface area contributed by atoms with Crippen LogP contribution >= 0.6 is 15.9 Å². The number of halogens is 1. The molecule has 0 bridgehead atoms. The fourth-order valence-electron chi connectivity index (χ4n) is 3.87. The van der Waals surface area contributed by atoms with Crippen molar-refractivity contribution in [3.63, 3.8) is 0 Å². The molecule has 0 aliphatic carbocycles. The van der Waals surface area contributed by atoms with E-state index in [9.17, 15) is 8.42 Å². The lowest BCUT2D eigenvalue weighted by Crippen LogP contribution is -2.43. The Morgan fingerprint density at radius 3 is 2.57 bits per heavy atom. The van der Waals surface area contributed by atoms with Crippen LogP contribution in [0.25, 0.3) is 0 Å². The molecule has 2 heterocycles. The summed E-state index contributed by atoms with van der Waals surface area (Å²) in [6, 6.07) is 11.0. The van der Waals surface area contributed by atoms with Gasteiger partial charge in [0.15, 0.2) is 0 Å². The first-order valence-electron chi connectivity index (χ1n) is 9.45. The number of piperazine rings is 1. The third-order valence-corrected chi connectivity index (χ3v) is 7.62. The molecule has 2 aromatic rings. The molecule has 6 nitrogen and oxygen atoms in total. The summed E-state index contributed by atoms with van der Waals surface area (Å²) in [7, 11) is -2.05. The van der Waals surface area contributed by atoms with Crippen molar-refractivity contribution in [3.05, 3.63) is 46.4 Å². The Morgan fingerprint density at radius 1 is 1.04 bits per heavy atom. The van der Waals surface area contributed by atoms with Crippen LogP contribution in [0.3, 0.4) is 0 Å². The molecule has 2 aromatic carbocycles. The number of sulfonamides is 1. The smallest absolute Gasteiger partial charge is 0.264 e. The molecule has 8 heteroatoms. The lowest BCUT2D eigenvalue weighted by molar-refractivity contribution is 0.412. The largest absolute Gasteiger partial charge is 0.495 e. The summed E-state index contributed by atoms with van der Waals surface area (Å²) in [5, 5.41) is 3.32. The standard InChI is InChI=1S/C20H24BrN3O3S/c1-27-20-7-6-17(14-19(20)23-11-8-22-9-12-23)28(25,26)24-10-2-3-15-4-5-16(21)13-18(15)24/h4-7,13-14,22H,2-3,8-12H2,1H3. The van der Waals surface area contributed by atoms with Crippen LogP contribution in [0.5, 0.6) is 5.75 Å². The lowest BCUT2D eigenvalue weighted by Gasteiger charge is -2.33. The molecule has 0 atom stereocenters. The Hall–Kier alpha value is -1.77. The number of anilines is 2. The number of nitrogens with zero attached hydrogens (tertiary/aromatic N) is 2. The van der Waals surface area contributed by atoms with Gasteiger partial charge >= 0.3 is 0 Å². The SMILES string of the molecule is COc1ccc(S(=O)(=O)N2CCCc3ccc(Br)cc32)cc1N1CCNCC1. The molecular formula is C20H24BrN3O3S. The molecule has 2 aliphatic rings. The molecule has 150 valence electrons. The summed E-state index contributed by atoms with van der Waals surface area (Å²) in [4.78, 5) is 2.48. The first-order chi connectivity index (χ1) is 13.5. The van der Waals surface area contributed by atoms with Crippen molar-refractivity contribution >= 4 is 37.3 Å². The van der Waals surface area contributed by atoms with Crippen LogP contribution in [0.4, 0.5) is 11.4 Å². The van der Waals surface area contributed by atoms with E-state index in [-0.39, 0.29) is 0 Å². The average molecular weight is 466 g/mol. The van der Waals surface area contributed by atoms with E-state index in [4.69, 9.17) is 4.74 Å². The van der Waals surface area contributed by atoms with Crippen LogP contribution in [0.15, 0.2) is 45.8 Å². The number of nitrogens with one attached hydrogen (secondary N) is 1. The number of hydrogen-bond donors (Lipinski definition) is 1. The van der Waals surface area contributed by atoms with Crippen LogP contribution in [0.1, 0.15) is 12.0 Å². The van der Waals surface area contributed by atoms with Crippen LogP contribution < -0.4 is 19.3 Å². The quantitative estimate of drug-likeness (QED) is 0.751. The molecule has 0 radical (unpaired) electrons. The van der Waals surface area contributed by atoms with Crippen molar-refractivity contribution in [1.82, 2.24) is 5.32 Å². The molecule has 4 rings (SSSR count). The molecule has 0 aromatic heterocycles. The summed E-state index contributed by atoms with van der Waals surface area (Å²) in [5.74, 6) is 0.697. The van der Waals surface area contributed by atoms with Gasteiger partial charge in [-0.1, -0.05) is 22.0 Å². The Morgan fingerprint density at radius 2 is 1.82 bits per heavy atom. The first-order valence-corrected chi connectivity index (χ1v) is 11.7. The number of benzene rings is 2. The number of aryl methyl sites for hydroxylation is 1. The zero-order valence-electron chi connectivity index (χ0n) is 15.8. The molecule has 0 amide bonds. The summed E-state index contributed by atoms with van der Waals surface area (Å²) < 4.78 is 35.0. The molecule has 2 aliphatic heterocycles. The van der Waals surface area contributed by atoms with Crippen LogP contribution in [-0.2, 0) is 16.4 Å². The molecular weight excluding hydrogens is 442 g/mol. The van der Waals surface area contributed by atoms with Gasteiger partial charge in [0, 0.05) is 37.2 Å². The summed E-state index contributed by atoms with van der Waals surface area (Å²) in [5.41, 5.74) is 2.66. The van der Waals surface area contributed by atoms with E-state index < -0.39 is 10.0 Å². The van der Waals surface area contributed by atoms with E-state index >= 15 is 0 Å². The molecule has 28 heavy (non-hydrogen) atoms. The van der Waals surface area contributed by atoms with Crippen molar-refractivity contribution in [2.45, 2.75) is 17.7 Å². The Labute approximate surface area is 174 Å². The monoisotopic (exact) mass is 465 g/mol. The highest BCUT2D eigenvalue weighted by molar-refractivity contribution is 9.10. The average Bonchev–Trinajstić information content (AvgIpc) is 2.73. The van der Waals surface area contributed by atoms with Crippen LogP contribution in [0, 0.1) is 0 Å². The highest BCUT2D eigenvalue weighted by Gasteiger charge is 2.30. The van der Waals surface area contributed by atoms with E-state index in [0.29, 0.717) is 17.2 Å². The van der Waals surface area contributed by atoms with Crippen molar-refractivity contribution in [2.75, 3.05) is 49.0 Å². The normalized spacial score (nSPS) is 17.4. The highest BCUT2D eigenvalue weighted by Crippen LogP contribution is 2.37. The molecule has 0 unspecified atom stereocenters. The second-order valence-corrected chi connectivity index (χ2v) is 9.80. The van der Waals surface area contributed by atoms with E-state index in [1.54, 1.807) is 29.6 Å². The maximum Gasteiger partial charge on any atom is 0.264 e. The fourth-order valence-corrected chi connectivity index (χ4v) is 5.78. The highest BCUT2D eigenvalue weighted by atomic mass is 79.9. The maximum atomic E-state index is 13.5. The predicted molar refractivity (Wildman–Crippen MR) is 115 cm³/mol. The van der Waals surface area contributed by atoms with Gasteiger partial charge in [-0.25, -0.2) is 8.42 Å². The third-order valence-electron chi connectivity index (χ3n) is 5.32. The second kappa shape index (κ2) is 7.93.